The van der Waals surface area contributed by atoms with E-state index in [2.05, 4.69) is 47.6 Å². The fraction of sp³-hybridized carbons (Fsp3) is 0.900. The summed E-state index contributed by atoms with van der Waals surface area (Å²) in [7, 11) is 0. The van der Waals surface area contributed by atoms with Crippen LogP contribution in [0, 0.1) is 50.7 Å². The Hall–Kier alpha value is -0.870. The van der Waals surface area contributed by atoms with Crippen LogP contribution in [0.15, 0.2) is 11.6 Å². The Kier molecular flexibility index (Phi) is 5.20. The Morgan fingerprint density at radius 3 is 2.24 bits per heavy atom. The van der Waals surface area contributed by atoms with Gasteiger partial charge in [0.15, 0.2) is 0 Å². The number of aliphatic hydroxyl groups is 2. The SMILES string of the molecule is C[C@@H]1CC[C@]2(C(=O)O)CC[C@]3(C)C(=CC[C@@H]4[C@@]5(C)CC[C@H](O)C(C)(C)[C@H]5CC[C@]43C)[C@H]2[C@]1(C)O. The van der Waals surface area contributed by atoms with Crippen molar-refractivity contribution in [3.8, 4) is 0 Å². The number of aliphatic carboxylic acids is 1. The van der Waals surface area contributed by atoms with Crippen molar-refractivity contribution in [3.05, 3.63) is 11.6 Å². The molecule has 4 saturated carbocycles. The van der Waals surface area contributed by atoms with E-state index in [0.717, 1.165) is 44.9 Å². The van der Waals surface area contributed by atoms with E-state index in [9.17, 15) is 20.1 Å². The van der Waals surface area contributed by atoms with Crippen LogP contribution in [0.5, 0.6) is 0 Å². The summed E-state index contributed by atoms with van der Waals surface area (Å²) in [5.41, 5.74) is -0.532. The zero-order chi connectivity index (χ0) is 25.1. The maximum Gasteiger partial charge on any atom is 0.310 e. The van der Waals surface area contributed by atoms with Gasteiger partial charge in [-0.15, -0.1) is 0 Å². The zero-order valence-electron chi connectivity index (χ0n) is 22.6. The first-order chi connectivity index (χ1) is 15.6. The number of rotatable bonds is 1. The van der Waals surface area contributed by atoms with Gasteiger partial charge in [-0.25, -0.2) is 0 Å². The van der Waals surface area contributed by atoms with E-state index in [1.54, 1.807) is 0 Å². The smallest absolute Gasteiger partial charge is 0.310 e. The molecule has 0 radical (unpaired) electrons. The van der Waals surface area contributed by atoms with Crippen molar-refractivity contribution in [1.29, 1.82) is 0 Å². The lowest BCUT2D eigenvalue weighted by atomic mass is 9.33. The summed E-state index contributed by atoms with van der Waals surface area (Å²) in [6.45, 7) is 16.0. The molecule has 4 fully saturated rings. The van der Waals surface area contributed by atoms with Crippen LogP contribution in [-0.4, -0.2) is 33.0 Å². The molecule has 0 heterocycles. The number of aliphatic hydroxyl groups excluding tert-OH is 1. The van der Waals surface area contributed by atoms with E-state index in [1.165, 1.54) is 5.57 Å². The number of carboxylic acid groups (broad SMARTS) is 1. The van der Waals surface area contributed by atoms with Crippen molar-refractivity contribution >= 4 is 5.97 Å². The topological polar surface area (TPSA) is 77.8 Å². The molecule has 10 atom stereocenters. The Labute approximate surface area is 206 Å². The second-order valence-electron chi connectivity index (χ2n) is 14.7. The van der Waals surface area contributed by atoms with Gasteiger partial charge in [0, 0.05) is 5.92 Å². The van der Waals surface area contributed by atoms with Gasteiger partial charge < -0.3 is 15.3 Å². The van der Waals surface area contributed by atoms with Gasteiger partial charge >= 0.3 is 5.97 Å². The number of carboxylic acids is 1. The van der Waals surface area contributed by atoms with Gasteiger partial charge in [0.25, 0.3) is 0 Å². The minimum absolute atomic E-state index is 0.0716. The van der Waals surface area contributed by atoms with Crippen molar-refractivity contribution in [2.75, 3.05) is 0 Å². The lowest BCUT2D eigenvalue weighted by Crippen LogP contribution is -2.67. The van der Waals surface area contributed by atoms with Gasteiger partial charge in [-0.1, -0.05) is 53.2 Å². The second kappa shape index (κ2) is 7.12. The molecule has 5 aliphatic carbocycles. The van der Waals surface area contributed by atoms with Crippen LogP contribution < -0.4 is 0 Å². The molecule has 0 saturated heterocycles. The maximum atomic E-state index is 12.8. The first-order valence-corrected chi connectivity index (χ1v) is 13.9. The molecule has 0 amide bonds. The van der Waals surface area contributed by atoms with Gasteiger partial charge in [-0.2, -0.15) is 0 Å². The Morgan fingerprint density at radius 2 is 1.59 bits per heavy atom. The molecule has 0 aliphatic heterocycles. The van der Waals surface area contributed by atoms with Crippen molar-refractivity contribution in [3.63, 3.8) is 0 Å². The van der Waals surface area contributed by atoms with Gasteiger partial charge in [-0.05, 0) is 104 Å². The predicted octanol–water partition coefficient (Wildman–Crippen LogP) is 6.20. The molecule has 5 aliphatic rings. The summed E-state index contributed by atoms with van der Waals surface area (Å²) in [5, 5.41) is 33.3. The number of hydrogen-bond acceptors (Lipinski definition) is 3. The largest absolute Gasteiger partial charge is 0.481 e. The quantitative estimate of drug-likeness (QED) is 0.397. The highest BCUT2D eigenvalue weighted by Gasteiger charge is 2.71. The van der Waals surface area contributed by atoms with Crippen LogP contribution in [0.2, 0.25) is 0 Å². The molecule has 0 bridgehead atoms. The van der Waals surface area contributed by atoms with E-state index in [0.29, 0.717) is 24.7 Å². The van der Waals surface area contributed by atoms with E-state index >= 15 is 0 Å². The summed E-state index contributed by atoms with van der Waals surface area (Å²) in [5.74, 6) is 0.0848. The van der Waals surface area contributed by atoms with E-state index in [1.807, 2.05) is 6.92 Å². The van der Waals surface area contributed by atoms with Crippen LogP contribution in [-0.2, 0) is 4.79 Å². The summed E-state index contributed by atoms with van der Waals surface area (Å²) in [6, 6.07) is 0. The number of allylic oxidation sites excluding steroid dienone is 1. The highest BCUT2D eigenvalue weighted by atomic mass is 16.4. The molecular formula is C30H48O4. The molecule has 0 aromatic rings. The molecule has 34 heavy (non-hydrogen) atoms. The van der Waals surface area contributed by atoms with Gasteiger partial charge in [0.05, 0.1) is 17.1 Å². The fourth-order valence-electron chi connectivity index (χ4n) is 10.8. The van der Waals surface area contributed by atoms with Crippen LogP contribution in [0.1, 0.15) is 106 Å². The second-order valence-corrected chi connectivity index (χ2v) is 14.7. The first-order valence-electron chi connectivity index (χ1n) is 13.9. The molecule has 0 spiro atoms. The molecule has 3 N–H and O–H groups in total. The molecule has 192 valence electrons. The van der Waals surface area contributed by atoms with Crippen molar-refractivity contribution in [2.24, 2.45) is 50.7 Å². The molecule has 5 rings (SSSR count). The molecular weight excluding hydrogens is 424 g/mol. The fourth-order valence-corrected chi connectivity index (χ4v) is 10.8. The third-order valence-corrected chi connectivity index (χ3v) is 13.5. The average Bonchev–Trinajstić information content (AvgIpc) is 2.74. The van der Waals surface area contributed by atoms with Gasteiger partial charge in [0.1, 0.15) is 0 Å². The van der Waals surface area contributed by atoms with Crippen molar-refractivity contribution in [2.45, 2.75) is 118 Å². The summed E-state index contributed by atoms with van der Waals surface area (Å²) < 4.78 is 0. The Morgan fingerprint density at radius 1 is 0.912 bits per heavy atom. The summed E-state index contributed by atoms with van der Waals surface area (Å²) >= 11 is 0. The molecule has 0 unspecified atom stereocenters. The van der Waals surface area contributed by atoms with Crippen molar-refractivity contribution in [1.82, 2.24) is 0 Å². The van der Waals surface area contributed by atoms with Gasteiger partial charge in [0.2, 0.25) is 0 Å². The minimum atomic E-state index is -1.01. The molecule has 0 aromatic heterocycles. The maximum absolute atomic E-state index is 12.8. The molecule has 4 nitrogen and oxygen atoms in total. The van der Waals surface area contributed by atoms with E-state index in [-0.39, 0.29) is 39.6 Å². The monoisotopic (exact) mass is 472 g/mol. The number of carbonyl (C=O) groups is 1. The van der Waals surface area contributed by atoms with E-state index < -0.39 is 17.0 Å². The van der Waals surface area contributed by atoms with Crippen LogP contribution in [0.25, 0.3) is 0 Å². The Balaban J connectivity index is 1.64. The number of fused-ring (bicyclic) bond motifs is 7. The lowest BCUT2D eigenvalue weighted by molar-refractivity contribution is -0.217. The van der Waals surface area contributed by atoms with Gasteiger partial charge in [-0.3, -0.25) is 4.79 Å². The predicted molar refractivity (Wildman–Crippen MR) is 134 cm³/mol. The molecule has 0 aromatic carbocycles. The summed E-state index contributed by atoms with van der Waals surface area (Å²) in [4.78, 5) is 12.8. The van der Waals surface area contributed by atoms with Crippen LogP contribution >= 0.6 is 0 Å². The Bertz CT molecular complexity index is 919. The third-order valence-electron chi connectivity index (χ3n) is 13.5. The van der Waals surface area contributed by atoms with E-state index in [4.69, 9.17) is 0 Å². The van der Waals surface area contributed by atoms with Crippen LogP contribution in [0.3, 0.4) is 0 Å². The third kappa shape index (κ3) is 2.71. The number of hydrogen-bond donors (Lipinski definition) is 3. The van der Waals surface area contributed by atoms with Crippen molar-refractivity contribution < 1.29 is 20.1 Å². The minimum Gasteiger partial charge on any atom is -0.481 e. The standard InChI is InChI=1S/C30H48O4/c1-18-10-15-30(24(32)33)17-16-27(5)19(23(30)29(18,7)34)8-9-21-26(4)13-12-22(31)25(2,3)20(26)11-14-28(21,27)6/h8,18,20-23,31,34H,9-17H2,1-7H3,(H,32,33)/t18-,20-,21-,22+,23+,26+,27-,28-,29-,30+/m1/s1. The lowest BCUT2D eigenvalue weighted by Gasteiger charge is -2.71. The average molecular weight is 473 g/mol. The zero-order valence-corrected chi connectivity index (χ0v) is 22.6. The molecule has 4 heteroatoms. The summed E-state index contributed by atoms with van der Waals surface area (Å²) in [6.07, 6.45) is 10.3. The van der Waals surface area contributed by atoms with Crippen LogP contribution in [0.4, 0.5) is 0 Å². The normalized spacial score (nSPS) is 56.3. The highest BCUT2D eigenvalue weighted by molar-refractivity contribution is 5.77. The first kappa shape index (κ1) is 24.8. The highest BCUT2D eigenvalue weighted by Crippen LogP contribution is 2.76.